The summed E-state index contributed by atoms with van der Waals surface area (Å²) in [6, 6.07) is 2.94. The number of piperidine rings is 1. The number of carbonyl (C=O) groups excluding carboxylic acids is 2. The Bertz CT molecular complexity index is 596. The number of halogens is 2. The molecule has 1 N–H and O–H groups in total. The molecule has 6 heteroatoms. The van der Waals surface area contributed by atoms with Crippen LogP contribution in [0.25, 0.3) is 0 Å². The molecule has 1 fully saturated rings. The Hall–Kier alpha value is -1.10. The Labute approximate surface area is 147 Å². The number of amides is 1. The third-order valence-electron chi connectivity index (χ3n) is 4.24. The van der Waals surface area contributed by atoms with Gasteiger partial charge < -0.3 is 5.32 Å². The number of carbonyl (C=O) groups is 2. The summed E-state index contributed by atoms with van der Waals surface area (Å²) in [6.45, 7) is 7.37. The lowest BCUT2D eigenvalue weighted by Gasteiger charge is -2.34. The van der Waals surface area contributed by atoms with Gasteiger partial charge in [0.05, 0.1) is 21.8 Å². The van der Waals surface area contributed by atoms with Gasteiger partial charge in [0, 0.05) is 19.0 Å². The molecular formula is C17H22Cl2N2O2. The number of nitrogens with one attached hydrogen (secondary N) is 1. The van der Waals surface area contributed by atoms with Crippen LogP contribution in [0, 0.1) is 5.92 Å². The molecule has 2 rings (SSSR count). The van der Waals surface area contributed by atoms with Gasteiger partial charge in [0.2, 0.25) is 5.91 Å². The molecule has 1 aliphatic rings. The number of hydrogen-bond acceptors (Lipinski definition) is 3. The van der Waals surface area contributed by atoms with Gasteiger partial charge in [-0.3, -0.25) is 14.5 Å². The Kier molecular flexibility index (Phi) is 6.06. The van der Waals surface area contributed by atoms with Crippen LogP contribution < -0.4 is 5.32 Å². The SMILES string of the molecule is CC(=O)Nc1c(Cl)cc(C(=O)C(C)N2CCCC(C)C2)cc1Cl. The van der Waals surface area contributed by atoms with Crippen molar-refractivity contribution in [1.82, 2.24) is 4.90 Å². The second-order valence-corrected chi connectivity index (χ2v) is 7.09. The number of rotatable bonds is 4. The molecule has 0 aromatic heterocycles. The van der Waals surface area contributed by atoms with Crippen molar-refractivity contribution in [3.8, 4) is 0 Å². The summed E-state index contributed by atoms with van der Waals surface area (Å²) in [5, 5.41) is 3.13. The highest BCUT2D eigenvalue weighted by atomic mass is 35.5. The number of Topliss-reactive ketones (excluding diaryl/α,β-unsaturated/α-hetero) is 1. The van der Waals surface area contributed by atoms with E-state index >= 15 is 0 Å². The van der Waals surface area contributed by atoms with E-state index in [4.69, 9.17) is 23.2 Å². The standard InChI is InChI=1S/C17H22Cl2N2O2/c1-10-5-4-6-21(9-10)11(2)17(23)13-7-14(18)16(15(19)8-13)20-12(3)22/h7-8,10-11H,4-6,9H2,1-3H3,(H,20,22). The molecule has 1 aliphatic heterocycles. The third-order valence-corrected chi connectivity index (χ3v) is 4.84. The molecule has 1 saturated heterocycles. The van der Waals surface area contributed by atoms with E-state index in [1.165, 1.54) is 13.3 Å². The number of anilines is 1. The smallest absolute Gasteiger partial charge is 0.221 e. The van der Waals surface area contributed by atoms with Crippen LogP contribution in [0.4, 0.5) is 5.69 Å². The monoisotopic (exact) mass is 356 g/mol. The van der Waals surface area contributed by atoms with Crippen LogP contribution in [-0.4, -0.2) is 35.7 Å². The van der Waals surface area contributed by atoms with E-state index in [0.717, 1.165) is 19.5 Å². The molecule has 1 aromatic rings. The van der Waals surface area contributed by atoms with Crippen molar-refractivity contribution < 1.29 is 9.59 Å². The molecule has 0 aliphatic carbocycles. The van der Waals surface area contributed by atoms with E-state index in [0.29, 0.717) is 17.2 Å². The first-order valence-corrected chi connectivity index (χ1v) is 8.60. The van der Waals surface area contributed by atoms with Crippen LogP contribution >= 0.6 is 23.2 Å². The minimum atomic E-state index is -0.261. The first-order chi connectivity index (χ1) is 10.8. The van der Waals surface area contributed by atoms with Crippen molar-refractivity contribution >= 4 is 40.6 Å². The summed E-state index contributed by atoms with van der Waals surface area (Å²) >= 11 is 12.3. The van der Waals surface area contributed by atoms with Crippen LogP contribution in [0.15, 0.2) is 12.1 Å². The minimum Gasteiger partial charge on any atom is -0.324 e. The van der Waals surface area contributed by atoms with Gasteiger partial charge in [-0.1, -0.05) is 30.1 Å². The van der Waals surface area contributed by atoms with Crippen molar-refractivity contribution in [1.29, 1.82) is 0 Å². The molecule has 1 heterocycles. The lowest BCUT2D eigenvalue weighted by Crippen LogP contribution is -2.44. The van der Waals surface area contributed by atoms with Gasteiger partial charge in [-0.05, 0) is 44.4 Å². The predicted octanol–water partition coefficient (Wildman–Crippen LogP) is 4.25. The maximum Gasteiger partial charge on any atom is 0.221 e. The molecule has 126 valence electrons. The zero-order valence-electron chi connectivity index (χ0n) is 13.7. The van der Waals surface area contributed by atoms with Gasteiger partial charge in [0.1, 0.15) is 0 Å². The van der Waals surface area contributed by atoms with E-state index in [1.807, 2.05) is 6.92 Å². The average molecular weight is 357 g/mol. The fraction of sp³-hybridized carbons (Fsp3) is 0.529. The Morgan fingerprint density at radius 3 is 2.43 bits per heavy atom. The lowest BCUT2D eigenvalue weighted by molar-refractivity contribution is -0.114. The van der Waals surface area contributed by atoms with Crippen molar-refractivity contribution in [2.75, 3.05) is 18.4 Å². The summed E-state index contributed by atoms with van der Waals surface area (Å²) in [6.07, 6.45) is 2.32. The molecule has 2 unspecified atom stereocenters. The summed E-state index contributed by atoms with van der Waals surface area (Å²) in [4.78, 5) is 26.1. The van der Waals surface area contributed by atoms with Crippen molar-refractivity contribution in [3.05, 3.63) is 27.7 Å². The summed E-state index contributed by atoms with van der Waals surface area (Å²) in [7, 11) is 0. The molecule has 0 spiro atoms. The van der Waals surface area contributed by atoms with Crippen LogP contribution in [0.1, 0.15) is 44.0 Å². The van der Waals surface area contributed by atoms with Gasteiger partial charge in [-0.25, -0.2) is 0 Å². The average Bonchev–Trinajstić information content (AvgIpc) is 2.49. The second-order valence-electron chi connectivity index (χ2n) is 6.28. The highest BCUT2D eigenvalue weighted by Crippen LogP contribution is 2.32. The van der Waals surface area contributed by atoms with Crippen LogP contribution in [0.2, 0.25) is 10.0 Å². The Balaban J connectivity index is 2.20. The summed E-state index contributed by atoms with van der Waals surface area (Å²) < 4.78 is 0. The maximum atomic E-state index is 12.7. The molecular weight excluding hydrogens is 335 g/mol. The van der Waals surface area contributed by atoms with Gasteiger partial charge in [0.15, 0.2) is 5.78 Å². The Morgan fingerprint density at radius 1 is 1.30 bits per heavy atom. The van der Waals surface area contributed by atoms with E-state index in [9.17, 15) is 9.59 Å². The molecule has 0 radical (unpaired) electrons. The van der Waals surface area contributed by atoms with Crippen molar-refractivity contribution in [2.24, 2.45) is 5.92 Å². The molecule has 0 bridgehead atoms. The Morgan fingerprint density at radius 2 is 1.91 bits per heavy atom. The van der Waals surface area contributed by atoms with Gasteiger partial charge in [-0.15, -0.1) is 0 Å². The van der Waals surface area contributed by atoms with E-state index in [-0.39, 0.29) is 27.8 Å². The predicted molar refractivity (Wildman–Crippen MR) is 94.5 cm³/mol. The fourth-order valence-corrected chi connectivity index (χ4v) is 3.58. The summed E-state index contributed by atoms with van der Waals surface area (Å²) in [5.74, 6) is 0.342. The molecule has 1 aromatic carbocycles. The van der Waals surface area contributed by atoms with E-state index in [1.54, 1.807) is 12.1 Å². The van der Waals surface area contributed by atoms with Gasteiger partial charge in [-0.2, -0.15) is 0 Å². The quantitative estimate of drug-likeness (QED) is 0.820. The molecule has 4 nitrogen and oxygen atoms in total. The van der Waals surface area contributed by atoms with Crippen molar-refractivity contribution in [2.45, 2.75) is 39.7 Å². The largest absolute Gasteiger partial charge is 0.324 e. The zero-order valence-corrected chi connectivity index (χ0v) is 15.2. The fourth-order valence-electron chi connectivity index (χ4n) is 3.00. The van der Waals surface area contributed by atoms with Crippen LogP contribution in [0.3, 0.4) is 0 Å². The number of nitrogens with zero attached hydrogens (tertiary/aromatic N) is 1. The first kappa shape index (κ1) is 18.2. The van der Waals surface area contributed by atoms with Crippen LogP contribution in [0.5, 0.6) is 0 Å². The van der Waals surface area contributed by atoms with Gasteiger partial charge >= 0.3 is 0 Å². The number of benzene rings is 1. The summed E-state index contributed by atoms with van der Waals surface area (Å²) in [5.41, 5.74) is 0.816. The van der Waals surface area contributed by atoms with Gasteiger partial charge in [0.25, 0.3) is 0 Å². The zero-order chi connectivity index (χ0) is 17.1. The molecule has 1 amide bonds. The van der Waals surface area contributed by atoms with Crippen molar-refractivity contribution in [3.63, 3.8) is 0 Å². The lowest BCUT2D eigenvalue weighted by atomic mass is 9.96. The van der Waals surface area contributed by atoms with E-state index in [2.05, 4.69) is 17.1 Å². The number of hydrogen-bond donors (Lipinski definition) is 1. The number of likely N-dealkylation sites (tertiary alicyclic amines) is 1. The molecule has 2 atom stereocenters. The molecule has 0 saturated carbocycles. The molecule has 23 heavy (non-hydrogen) atoms. The first-order valence-electron chi connectivity index (χ1n) is 7.84. The van der Waals surface area contributed by atoms with E-state index < -0.39 is 0 Å². The maximum absolute atomic E-state index is 12.7. The highest BCUT2D eigenvalue weighted by Gasteiger charge is 2.27. The number of ketones is 1. The second kappa shape index (κ2) is 7.65. The van der Waals surface area contributed by atoms with Crippen LogP contribution in [-0.2, 0) is 4.79 Å². The normalized spacial score (nSPS) is 20.1. The topological polar surface area (TPSA) is 49.4 Å². The highest BCUT2D eigenvalue weighted by molar-refractivity contribution is 6.40. The third kappa shape index (κ3) is 4.46. The minimum absolute atomic E-state index is 0.00252.